The molecule has 0 saturated carbocycles. The second kappa shape index (κ2) is 8.71. The number of hydrogen-bond acceptors (Lipinski definition) is 7. The topological polar surface area (TPSA) is 128 Å². The van der Waals surface area contributed by atoms with E-state index < -0.39 is 11.7 Å². The Labute approximate surface area is 149 Å². The summed E-state index contributed by atoms with van der Waals surface area (Å²) in [6.45, 7) is 0.244. The molecule has 0 aliphatic carbocycles. The maximum absolute atomic E-state index is 11.4. The highest BCUT2D eigenvalue weighted by Crippen LogP contribution is 2.38. The Bertz CT molecular complexity index is 895. The summed E-state index contributed by atoms with van der Waals surface area (Å²) in [4.78, 5) is 11.4. The largest absolute Gasteiger partial charge is 0.491 e. The average Bonchev–Trinajstić information content (AvgIpc) is 2.67. The molecule has 2 N–H and O–H groups in total. The quantitative estimate of drug-likeness (QED) is 0.580. The van der Waals surface area contributed by atoms with E-state index in [4.69, 9.17) is 20.0 Å². The molecule has 0 unspecified atom stereocenters. The molecule has 0 saturated heterocycles. The molecule has 0 spiro atoms. The molecule has 0 amide bonds. The minimum atomic E-state index is -1.23. The lowest BCUT2D eigenvalue weighted by Gasteiger charge is -2.16. The highest BCUT2D eigenvalue weighted by molar-refractivity contribution is 6.10. The van der Waals surface area contributed by atoms with E-state index >= 15 is 0 Å². The van der Waals surface area contributed by atoms with Gasteiger partial charge in [-0.15, -0.1) is 0 Å². The number of benzene rings is 2. The van der Waals surface area contributed by atoms with Crippen LogP contribution in [0.5, 0.6) is 11.5 Å². The Hall–Kier alpha value is -4.04. The zero-order chi connectivity index (χ0) is 18.9. The number of anilines is 1. The minimum Gasteiger partial charge on any atom is -0.491 e. The molecule has 130 valence electrons. The molecule has 2 aromatic carbocycles. The predicted octanol–water partition coefficient (Wildman–Crippen LogP) is 2.79. The maximum Gasteiger partial charge on any atom is 0.338 e. The lowest BCUT2D eigenvalue weighted by molar-refractivity contribution is 0.0697. The van der Waals surface area contributed by atoms with Crippen LogP contribution in [0.1, 0.15) is 15.9 Å². The fourth-order valence-corrected chi connectivity index (χ4v) is 2.09. The first-order valence-corrected chi connectivity index (χ1v) is 7.35. The Morgan fingerprint density at radius 3 is 2.46 bits per heavy atom. The molecule has 26 heavy (non-hydrogen) atoms. The Kier molecular flexibility index (Phi) is 6.13. The van der Waals surface area contributed by atoms with Crippen LogP contribution in [0, 0.1) is 22.7 Å². The second-order valence-electron chi connectivity index (χ2n) is 4.89. The summed E-state index contributed by atoms with van der Waals surface area (Å²) in [7, 11) is 1.35. The number of carboxylic acid groups (broad SMARTS) is 1. The van der Waals surface area contributed by atoms with E-state index in [0.29, 0.717) is 0 Å². The predicted molar refractivity (Wildman–Crippen MR) is 93.0 cm³/mol. The second-order valence-corrected chi connectivity index (χ2v) is 4.89. The van der Waals surface area contributed by atoms with Gasteiger partial charge in [-0.25, -0.2) is 4.79 Å². The van der Waals surface area contributed by atoms with E-state index in [9.17, 15) is 9.90 Å². The average molecular weight is 350 g/mol. The van der Waals surface area contributed by atoms with Gasteiger partial charge in [-0.1, -0.05) is 30.3 Å². The molecule has 0 aromatic heterocycles. The number of hydrogen-bond donors (Lipinski definition) is 2. The van der Waals surface area contributed by atoms with Crippen LogP contribution < -0.4 is 14.9 Å². The third kappa shape index (κ3) is 4.28. The first-order valence-electron chi connectivity index (χ1n) is 7.35. The highest BCUT2D eigenvalue weighted by atomic mass is 16.5. The smallest absolute Gasteiger partial charge is 0.338 e. The standard InChI is InChI=1S/C18H14N4O4/c1-25-17-15(26-11-12-5-3-2-4-6-12)8-7-14(18(23)24)16(17)22-21-13(9-19)10-20/h2-8,22H,11H2,1H3,(H,23,24). The number of methoxy groups -OCH3 is 1. The van der Waals surface area contributed by atoms with Crippen LogP contribution in [0.2, 0.25) is 0 Å². The summed E-state index contributed by atoms with van der Waals surface area (Å²) in [6, 6.07) is 15.3. The normalized spacial score (nSPS) is 9.35. The molecule has 0 heterocycles. The number of nitrogens with one attached hydrogen (secondary N) is 1. The monoisotopic (exact) mass is 350 g/mol. The van der Waals surface area contributed by atoms with Crippen LogP contribution in [-0.4, -0.2) is 23.9 Å². The summed E-state index contributed by atoms with van der Waals surface area (Å²) >= 11 is 0. The number of nitriles is 2. The van der Waals surface area contributed by atoms with E-state index in [2.05, 4.69) is 10.5 Å². The highest BCUT2D eigenvalue weighted by Gasteiger charge is 2.20. The van der Waals surface area contributed by atoms with Crippen molar-refractivity contribution in [2.24, 2.45) is 5.10 Å². The molecular weight excluding hydrogens is 336 g/mol. The number of carbonyl (C=O) groups is 1. The van der Waals surface area contributed by atoms with Crippen LogP contribution in [-0.2, 0) is 6.61 Å². The zero-order valence-corrected chi connectivity index (χ0v) is 13.8. The maximum atomic E-state index is 11.4. The SMILES string of the molecule is COc1c(OCc2ccccc2)ccc(C(=O)O)c1NN=C(C#N)C#N. The molecule has 0 aliphatic rings. The van der Waals surface area contributed by atoms with Crippen LogP contribution in [0.4, 0.5) is 5.69 Å². The molecule has 0 aliphatic heterocycles. The molecule has 0 radical (unpaired) electrons. The van der Waals surface area contributed by atoms with E-state index in [1.807, 2.05) is 30.3 Å². The lowest BCUT2D eigenvalue weighted by Crippen LogP contribution is -2.08. The van der Waals surface area contributed by atoms with Gasteiger partial charge in [0.2, 0.25) is 5.71 Å². The van der Waals surface area contributed by atoms with Gasteiger partial charge in [0.1, 0.15) is 24.4 Å². The van der Waals surface area contributed by atoms with Gasteiger partial charge in [-0.05, 0) is 17.7 Å². The number of hydrazone groups is 1. The van der Waals surface area contributed by atoms with Crippen LogP contribution in [0.3, 0.4) is 0 Å². The summed E-state index contributed by atoms with van der Waals surface area (Å²) < 4.78 is 11.0. The zero-order valence-electron chi connectivity index (χ0n) is 13.8. The van der Waals surface area contributed by atoms with Gasteiger partial charge in [0.15, 0.2) is 11.5 Å². The Morgan fingerprint density at radius 2 is 1.88 bits per heavy atom. The van der Waals surface area contributed by atoms with Gasteiger partial charge in [0.05, 0.1) is 12.7 Å². The molecular formula is C18H14N4O4. The van der Waals surface area contributed by atoms with Crippen molar-refractivity contribution in [3.05, 3.63) is 53.6 Å². The van der Waals surface area contributed by atoms with Gasteiger partial charge in [0, 0.05) is 0 Å². The Morgan fingerprint density at radius 1 is 1.19 bits per heavy atom. The summed E-state index contributed by atoms with van der Waals surface area (Å²) in [5.74, 6) is -0.847. The van der Waals surface area contributed by atoms with Crippen molar-refractivity contribution in [2.75, 3.05) is 12.5 Å². The molecule has 0 atom stereocenters. The molecule has 8 heteroatoms. The molecule has 2 rings (SSSR count). The number of ether oxygens (including phenoxy) is 2. The number of carboxylic acids is 1. The first-order chi connectivity index (χ1) is 12.6. The van der Waals surface area contributed by atoms with Gasteiger partial charge in [0.25, 0.3) is 0 Å². The number of nitrogens with zero attached hydrogens (tertiary/aromatic N) is 3. The van der Waals surface area contributed by atoms with Crippen LogP contribution >= 0.6 is 0 Å². The van der Waals surface area contributed by atoms with Gasteiger partial charge >= 0.3 is 5.97 Å². The van der Waals surface area contributed by atoms with Gasteiger partial charge in [-0.2, -0.15) is 15.6 Å². The van der Waals surface area contributed by atoms with Crippen molar-refractivity contribution in [3.8, 4) is 23.6 Å². The van der Waals surface area contributed by atoms with Crippen LogP contribution in [0.15, 0.2) is 47.6 Å². The number of rotatable bonds is 7. The minimum absolute atomic E-state index is 0.0199. The summed E-state index contributed by atoms with van der Waals surface area (Å²) in [6.07, 6.45) is 0. The fraction of sp³-hybridized carbons (Fsp3) is 0.111. The summed E-state index contributed by atoms with van der Waals surface area (Å²) in [5.41, 5.74) is 2.70. The summed E-state index contributed by atoms with van der Waals surface area (Å²) in [5, 5.41) is 30.5. The molecule has 0 fully saturated rings. The van der Waals surface area contributed by atoms with Crippen molar-refractivity contribution in [1.82, 2.24) is 0 Å². The molecule has 8 nitrogen and oxygen atoms in total. The molecule has 0 bridgehead atoms. The van der Waals surface area contributed by atoms with Gasteiger partial charge < -0.3 is 14.6 Å². The lowest BCUT2D eigenvalue weighted by atomic mass is 10.1. The van der Waals surface area contributed by atoms with E-state index in [1.54, 1.807) is 12.1 Å². The van der Waals surface area contributed by atoms with E-state index in [-0.39, 0.29) is 29.4 Å². The van der Waals surface area contributed by atoms with Crippen molar-refractivity contribution in [2.45, 2.75) is 6.61 Å². The third-order valence-electron chi connectivity index (χ3n) is 3.28. The third-order valence-corrected chi connectivity index (χ3v) is 3.28. The van der Waals surface area contributed by atoms with Crippen molar-refractivity contribution >= 4 is 17.4 Å². The van der Waals surface area contributed by atoms with Crippen molar-refractivity contribution < 1.29 is 19.4 Å². The Balaban J connectivity index is 2.40. The van der Waals surface area contributed by atoms with Crippen molar-refractivity contribution in [1.29, 1.82) is 10.5 Å². The van der Waals surface area contributed by atoms with Crippen LogP contribution in [0.25, 0.3) is 0 Å². The fourth-order valence-electron chi connectivity index (χ4n) is 2.09. The van der Waals surface area contributed by atoms with E-state index in [1.165, 1.54) is 19.2 Å². The molecule has 2 aromatic rings. The van der Waals surface area contributed by atoms with Crippen molar-refractivity contribution in [3.63, 3.8) is 0 Å². The number of aromatic carboxylic acids is 1. The van der Waals surface area contributed by atoms with E-state index in [0.717, 1.165) is 5.56 Å². The van der Waals surface area contributed by atoms with Gasteiger partial charge in [-0.3, -0.25) is 5.43 Å². The first kappa shape index (κ1) is 18.3.